The summed E-state index contributed by atoms with van der Waals surface area (Å²) in [4.78, 5) is 24.7. The van der Waals surface area contributed by atoms with Crippen LogP contribution in [-0.2, 0) is 9.59 Å². The van der Waals surface area contributed by atoms with E-state index in [1.54, 1.807) is 30.4 Å². The first-order valence-electron chi connectivity index (χ1n) is 8.72. The molecule has 29 heavy (non-hydrogen) atoms. The molecular weight excluding hydrogens is 417 g/mol. The number of allylic oxidation sites excluding steroid dienone is 2. The Morgan fingerprint density at radius 2 is 2.10 bits per heavy atom. The number of carbonyl (C=O) groups excluding carboxylic acids is 1. The molecule has 1 aliphatic carbocycles. The number of hydrogen-bond donors (Lipinski definition) is 1. The van der Waals surface area contributed by atoms with Crippen molar-refractivity contribution in [1.29, 1.82) is 0 Å². The number of hydrogen-bond acceptors (Lipinski definition) is 6. The molecule has 1 heterocycles. The third-order valence-corrected chi connectivity index (χ3v) is 5.60. The van der Waals surface area contributed by atoms with Crippen LogP contribution in [0.5, 0.6) is 11.5 Å². The number of rotatable bonds is 7. The number of carboxylic acid groups (broad SMARTS) is 1. The highest BCUT2D eigenvalue weighted by Crippen LogP contribution is 2.35. The van der Waals surface area contributed by atoms with Gasteiger partial charge < -0.3 is 14.6 Å². The minimum atomic E-state index is -1.14. The summed E-state index contributed by atoms with van der Waals surface area (Å²) in [5.74, 6) is -1.00. The summed E-state index contributed by atoms with van der Waals surface area (Å²) < 4.78 is 25.1. The van der Waals surface area contributed by atoms with Gasteiger partial charge in [-0.3, -0.25) is 14.5 Å². The number of aliphatic carboxylic acids is 1. The van der Waals surface area contributed by atoms with Crippen LogP contribution in [0.2, 0.25) is 0 Å². The Labute approximate surface area is 176 Å². The van der Waals surface area contributed by atoms with Crippen LogP contribution in [-0.4, -0.2) is 46.5 Å². The first kappa shape index (κ1) is 21.1. The van der Waals surface area contributed by atoms with E-state index >= 15 is 0 Å². The maximum absolute atomic E-state index is 13.9. The van der Waals surface area contributed by atoms with Crippen molar-refractivity contribution < 1.29 is 28.6 Å². The van der Waals surface area contributed by atoms with Crippen molar-refractivity contribution in [1.82, 2.24) is 4.90 Å². The third-order valence-electron chi connectivity index (χ3n) is 4.22. The maximum Gasteiger partial charge on any atom is 0.323 e. The second-order valence-electron chi connectivity index (χ2n) is 6.22. The van der Waals surface area contributed by atoms with Gasteiger partial charge in [-0.1, -0.05) is 36.1 Å². The van der Waals surface area contributed by atoms with Gasteiger partial charge in [0.05, 0.1) is 12.0 Å². The normalized spacial score (nSPS) is 18.0. The van der Waals surface area contributed by atoms with E-state index in [0.29, 0.717) is 34.0 Å². The molecule has 1 aromatic carbocycles. The molecule has 0 unspecified atom stereocenters. The molecule has 3 rings (SSSR count). The van der Waals surface area contributed by atoms with E-state index in [1.807, 2.05) is 0 Å². The first-order valence-corrected chi connectivity index (χ1v) is 9.94. The van der Waals surface area contributed by atoms with Crippen molar-refractivity contribution in [2.24, 2.45) is 0 Å². The molecule has 1 saturated heterocycles. The average molecular weight is 435 g/mol. The van der Waals surface area contributed by atoms with Gasteiger partial charge in [-0.2, -0.15) is 0 Å². The topological polar surface area (TPSA) is 76.1 Å². The van der Waals surface area contributed by atoms with E-state index in [0.717, 1.165) is 23.1 Å². The van der Waals surface area contributed by atoms with Crippen molar-refractivity contribution in [2.45, 2.75) is 12.8 Å². The molecule has 0 spiro atoms. The summed E-state index contributed by atoms with van der Waals surface area (Å²) in [6.07, 6.45) is 6.38. The van der Waals surface area contributed by atoms with Gasteiger partial charge in [0.15, 0.2) is 11.5 Å². The molecule has 1 amide bonds. The van der Waals surface area contributed by atoms with Crippen LogP contribution in [0.25, 0.3) is 6.08 Å². The predicted octanol–water partition coefficient (Wildman–Crippen LogP) is 3.93. The van der Waals surface area contributed by atoms with Gasteiger partial charge in [0.1, 0.15) is 23.3 Å². The summed E-state index contributed by atoms with van der Waals surface area (Å²) in [6.45, 7) is -0.421. The van der Waals surface area contributed by atoms with Crippen LogP contribution >= 0.6 is 24.0 Å². The number of thioether (sulfide) groups is 1. The Morgan fingerprint density at radius 1 is 1.34 bits per heavy atom. The number of methoxy groups -OCH3 is 1. The van der Waals surface area contributed by atoms with Crippen LogP contribution in [0, 0.1) is 0 Å². The molecule has 152 valence electrons. The van der Waals surface area contributed by atoms with Crippen molar-refractivity contribution in [3.8, 4) is 11.5 Å². The maximum atomic E-state index is 13.9. The van der Waals surface area contributed by atoms with E-state index in [-0.39, 0.29) is 16.8 Å². The number of thiocarbonyl (C=S) groups is 1. The number of carbonyl (C=O) groups is 2. The lowest BCUT2D eigenvalue weighted by atomic mass is 10.1. The van der Waals surface area contributed by atoms with Crippen molar-refractivity contribution in [2.75, 3.05) is 20.3 Å². The van der Waals surface area contributed by atoms with Gasteiger partial charge in [-0.25, -0.2) is 4.39 Å². The first-order chi connectivity index (χ1) is 13.9. The van der Waals surface area contributed by atoms with Crippen LogP contribution in [0.1, 0.15) is 18.4 Å². The second kappa shape index (κ2) is 9.23. The monoisotopic (exact) mass is 435 g/mol. The van der Waals surface area contributed by atoms with Crippen molar-refractivity contribution in [3.63, 3.8) is 0 Å². The highest BCUT2D eigenvalue weighted by Gasteiger charge is 2.33. The quantitative estimate of drug-likeness (QED) is 0.514. The van der Waals surface area contributed by atoms with E-state index in [2.05, 4.69) is 0 Å². The summed E-state index contributed by atoms with van der Waals surface area (Å²) in [5.41, 5.74) is 1.13. The van der Waals surface area contributed by atoms with E-state index in [4.69, 9.17) is 26.8 Å². The number of halogens is 1. The zero-order chi connectivity index (χ0) is 21.0. The predicted molar refractivity (Wildman–Crippen MR) is 113 cm³/mol. The van der Waals surface area contributed by atoms with Gasteiger partial charge in [0.25, 0.3) is 5.91 Å². The molecule has 2 aliphatic rings. The molecule has 9 heteroatoms. The lowest BCUT2D eigenvalue weighted by molar-refractivity contribution is -0.140. The van der Waals surface area contributed by atoms with E-state index in [1.165, 1.54) is 13.2 Å². The molecule has 0 atom stereocenters. The highest BCUT2D eigenvalue weighted by molar-refractivity contribution is 8.26. The molecule has 1 N–H and O–H groups in total. The summed E-state index contributed by atoms with van der Waals surface area (Å²) >= 11 is 6.13. The molecule has 1 aromatic rings. The molecular formula is C20H18FNO5S2. The lowest BCUT2D eigenvalue weighted by Crippen LogP contribution is -2.33. The van der Waals surface area contributed by atoms with E-state index < -0.39 is 18.4 Å². The van der Waals surface area contributed by atoms with Crippen molar-refractivity contribution >= 4 is 46.3 Å². The zero-order valence-corrected chi connectivity index (χ0v) is 17.1. The Hall–Kier alpha value is -2.65. The van der Waals surface area contributed by atoms with Gasteiger partial charge >= 0.3 is 5.97 Å². The molecule has 1 aliphatic heterocycles. The minimum Gasteiger partial charge on any atom is -0.493 e. The van der Waals surface area contributed by atoms with E-state index in [9.17, 15) is 14.0 Å². The van der Waals surface area contributed by atoms with Gasteiger partial charge in [-0.05, 0) is 42.7 Å². The smallest absolute Gasteiger partial charge is 0.323 e. The Balaban J connectivity index is 1.80. The number of nitrogens with zero attached hydrogens (tertiary/aromatic N) is 1. The largest absolute Gasteiger partial charge is 0.493 e. The van der Waals surface area contributed by atoms with Gasteiger partial charge in [0.2, 0.25) is 0 Å². The molecule has 0 bridgehead atoms. The van der Waals surface area contributed by atoms with Gasteiger partial charge in [-0.15, -0.1) is 0 Å². The van der Waals surface area contributed by atoms with Crippen LogP contribution in [0.15, 0.2) is 46.7 Å². The van der Waals surface area contributed by atoms with Crippen LogP contribution in [0.3, 0.4) is 0 Å². The second-order valence-corrected chi connectivity index (χ2v) is 7.90. The van der Waals surface area contributed by atoms with Crippen LogP contribution < -0.4 is 9.47 Å². The fourth-order valence-electron chi connectivity index (χ4n) is 2.80. The lowest BCUT2D eigenvalue weighted by Gasteiger charge is -2.14. The molecule has 0 radical (unpaired) electrons. The van der Waals surface area contributed by atoms with Crippen molar-refractivity contribution in [3.05, 3.63) is 52.2 Å². The van der Waals surface area contributed by atoms with Crippen LogP contribution in [0.4, 0.5) is 4.39 Å². The standard InChI is InChI=1S/C20H18FNO5S2/c1-26-15-7-6-12(8-16(15)27-11-13-4-2-3-5-14(13)21)9-17-19(25)22(10-18(23)24)20(28)29-17/h4-9H,2-3,10-11H2,1H3,(H,23,24)/b17-9-. The van der Waals surface area contributed by atoms with Gasteiger partial charge in [0, 0.05) is 5.57 Å². The summed E-state index contributed by atoms with van der Waals surface area (Å²) in [5, 5.41) is 8.92. The number of amides is 1. The summed E-state index contributed by atoms with van der Waals surface area (Å²) in [6, 6.07) is 5.09. The minimum absolute atomic E-state index is 0.0584. The Morgan fingerprint density at radius 3 is 2.79 bits per heavy atom. The fourth-order valence-corrected chi connectivity index (χ4v) is 4.05. The molecule has 0 aromatic heterocycles. The number of ether oxygens (including phenoxy) is 2. The number of carboxylic acids is 1. The fraction of sp³-hybridized carbons (Fsp3) is 0.250. The zero-order valence-electron chi connectivity index (χ0n) is 15.5. The number of benzene rings is 1. The summed E-state index contributed by atoms with van der Waals surface area (Å²) in [7, 11) is 1.50. The highest BCUT2D eigenvalue weighted by atomic mass is 32.2. The Kier molecular flexibility index (Phi) is 6.71. The molecule has 6 nitrogen and oxygen atoms in total. The Bertz CT molecular complexity index is 954. The molecule has 0 saturated carbocycles. The SMILES string of the molecule is COc1ccc(/C=C2\SC(=S)N(CC(=O)O)C2=O)cc1OCC1=CCCC=C1F. The third kappa shape index (κ3) is 5.04. The average Bonchev–Trinajstić information content (AvgIpc) is 2.94. The molecule has 1 fully saturated rings.